The molecule has 0 spiro atoms. The van der Waals surface area contributed by atoms with Crippen LogP contribution in [0.1, 0.15) is 45.4 Å². The van der Waals surface area contributed by atoms with Crippen molar-refractivity contribution in [1.82, 2.24) is 0 Å². The van der Waals surface area contributed by atoms with E-state index in [2.05, 4.69) is 20.1 Å². The van der Waals surface area contributed by atoms with Crippen molar-refractivity contribution in [3.8, 4) is 0 Å². The van der Waals surface area contributed by atoms with Crippen LogP contribution in [0.2, 0.25) is 0 Å². The van der Waals surface area contributed by atoms with Gasteiger partial charge in [0.1, 0.15) is 0 Å². The van der Waals surface area contributed by atoms with E-state index in [0.717, 1.165) is 31.6 Å². The summed E-state index contributed by atoms with van der Waals surface area (Å²) in [6, 6.07) is 0. The van der Waals surface area contributed by atoms with Crippen LogP contribution in [0.3, 0.4) is 0 Å². The molecule has 0 aromatic carbocycles. The maximum Gasteiger partial charge on any atom is 0.199 e. The molecule has 92 valence electrons. The van der Waals surface area contributed by atoms with Gasteiger partial charge in [0.05, 0.1) is 12.4 Å². The summed E-state index contributed by atoms with van der Waals surface area (Å²) in [5, 5.41) is 0. The van der Waals surface area contributed by atoms with Crippen molar-refractivity contribution in [3.05, 3.63) is 25.5 Å². The first-order valence-corrected chi connectivity index (χ1v) is 6.32. The average Bonchev–Trinajstić information content (AvgIpc) is 2.29. The van der Waals surface area contributed by atoms with Crippen molar-refractivity contribution in [1.29, 1.82) is 0 Å². The summed E-state index contributed by atoms with van der Waals surface area (Å²) in [6.45, 7) is 9.57. The van der Waals surface area contributed by atoms with Gasteiger partial charge in [-0.1, -0.05) is 26.0 Å². The molecule has 3 unspecified atom stereocenters. The zero-order chi connectivity index (χ0) is 11.8. The van der Waals surface area contributed by atoms with Crippen LogP contribution in [0.25, 0.3) is 0 Å². The predicted molar refractivity (Wildman–Crippen MR) is 67.0 cm³/mol. The summed E-state index contributed by atoms with van der Waals surface area (Å²) in [5.74, 6) is 0.729. The van der Waals surface area contributed by atoms with Gasteiger partial charge in [0, 0.05) is 6.42 Å². The van der Waals surface area contributed by atoms with Crippen molar-refractivity contribution in [2.45, 2.75) is 57.8 Å². The van der Waals surface area contributed by atoms with Gasteiger partial charge in [0.2, 0.25) is 0 Å². The molecule has 0 amide bonds. The van der Waals surface area contributed by atoms with E-state index in [1.165, 1.54) is 19.1 Å². The molecular formula is C14H24O2. The molecule has 3 atom stereocenters. The van der Waals surface area contributed by atoms with Crippen molar-refractivity contribution >= 4 is 0 Å². The monoisotopic (exact) mass is 224 g/mol. The SMILES string of the molecule is C=CCCCC1CC(CC)CC(OC=C)O1. The van der Waals surface area contributed by atoms with Gasteiger partial charge in [-0.15, -0.1) is 6.58 Å². The zero-order valence-electron chi connectivity index (χ0n) is 10.4. The van der Waals surface area contributed by atoms with Crippen molar-refractivity contribution in [3.63, 3.8) is 0 Å². The molecule has 2 heteroatoms. The number of rotatable bonds is 7. The van der Waals surface area contributed by atoms with Gasteiger partial charge in [-0.25, -0.2) is 0 Å². The van der Waals surface area contributed by atoms with E-state index in [1.807, 2.05) is 6.08 Å². The minimum absolute atomic E-state index is 0.0788. The number of unbranched alkanes of at least 4 members (excludes halogenated alkanes) is 1. The predicted octanol–water partition coefficient (Wildman–Crippen LogP) is 4.03. The molecule has 2 nitrogen and oxygen atoms in total. The number of hydrogen-bond donors (Lipinski definition) is 0. The first-order valence-electron chi connectivity index (χ1n) is 6.32. The molecule has 0 aromatic rings. The van der Waals surface area contributed by atoms with Crippen LogP contribution >= 0.6 is 0 Å². The van der Waals surface area contributed by atoms with E-state index in [9.17, 15) is 0 Å². The fourth-order valence-corrected chi connectivity index (χ4v) is 2.27. The number of ether oxygens (including phenoxy) is 2. The van der Waals surface area contributed by atoms with E-state index >= 15 is 0 Å². The average molecular weight is 224 g/mol. The van der Waals surface area contributed by atoms with Gasteiger partial charge >= 0.3 is 0 Å². The summed E-state index contributed by atoms with van der Waals surface area (Å²) in [5.41, 5.74) is 0. The highest BCUT2D eigenvalue weighted by Gasteiger charge is 2.28. The second-order valence-electron chi connectivity index (χ2n) is 4.46. The van der Waals surface area contributed by atoms with E-state index < -0.39 is 0 Å². The van der Waals surface area contributed by atoms with Gasteiger partial charge in [0.25, 0.3) is 0 Å². The molecule has 1 rings (SSSR count). The topological polar surface area (TPSA) is 18.5 Å². The summed E-state index contributed by atoms with van der Waals surface area (Å²) in [6.07, 6.45) is 10.5. The Morgan fingerprint density at radius 2 is 2.19 bits per heavy atom. The molecule has 16 heavy (non-hydrogen) atoms. The Bertz CT molecular complexity index is 213. The Balaban J connectivity index is 2.37. The van der Waals surface area contributed by atoms with E-state index in [1.54, 1.807) is 0 Å². The minimum atomic E-state index is -0.0788. The van der Waals surface area contributed by atoms with E-state index in [-0.39, 0.29) is 6.29 Å². The van der Waals surface area contributed by atoms with Crippen molar-refractivity contribution < 1.29 is 9.47 Å². The van der Waals surface area contributed by atoms with Crippen LogP contribution in [-0.4, -0.2) is 12.4 Å². The second kappa shape index (κ2) is 7.50. The Morgan fingerprint density at radius 3 is 2.81 bits per heavy atom. The summed E-state index contributed by atoms with van der Waals surface area (Å²) in [7, 11) is 0. The molecule has 0 aromatic heterocycles. The maximum absolute atomic E-state index is 5.88. The molecule has 1 saturated heterocycles. The smallest absolute Gasteiger partial charge is 0.199 e. The molecule has 0 saturated carbocycles. The molecule has 1 fully saturated rings. The third-order valence-electron chi connectivity index (χ3n) is 3.23. The van der Waals surface area contributed by atoms with Gasteiger partial charge in [-0.3, -0.25) is 0 Å². The number of hydrogen-bond acceptors (Lipinski definition) is 2. The number of allylic oxidation sites excluding steroid dienone is 1. The van der Waals surface area contributed by atoms with Gasteiger partial charge in [0.15, 0.2) is 6.29 Å². The first kappa shape index (κ1) is 13.3. The Morgan fingerprint density at radius 1 is 1.38 bits per heavy atom. The van der Waals surface area contributed by atoms with E-state index in [4.69, 9.17) is 9.47 Å². The lowest BCUT2D eigenvalue weighted by atomic mass is 9.90. The van der Waals surface area contributed by atoms with Crippen LogP contribution in [0, 0.1) is 5.92 Å². The van der Waals surface area contributed by atoms with Gasteiger partial charge in [-0.05, 0) is 31.6 Å². The summed E-state index contributed by atoms with van der Waals surface area (Å²) in [4.78, 5) is 0. The standard InChI is InChI=1S/C14H24O2/c1-4-7-8-9-13-10-12(5-2)11-14(16-13)15-6-3/h4,6,12-14H,1,3,5,7-11H2,2H3. The van der Waals surface area contributed by atoms with Crippen LogP contribution in [0.4, 0.5) is 0 Å². The largest absolute Gasteiger partial charge is 0.473 e. The first-order chi connectivity index (χ1) is 7.80. The highest BCUT2D eigenvalue weighted by molar-refractivity contribution is 4.76. The fourth-order valence-electron chi connectivity index (χ4n) is 2.27. The minimum Gasteiger partial charge on any atom is -0.473 e. The normalized spacial score (nSPS) is 29.7. The quantitative estimate of drug-likeness (QED) is 0.369. The highest BCUT2D eigenvalue weighted by Crippen LogP contribution is 2.30. The molecule has 0 aliphatic carbocycles. The highest BCUT2D eigenvalue weighted by atomic mass is 16.7. The molecule has 0 radical (unpaired) electrons. The van der Waals surface area contributed by atoms with E-state index in [0.29, 0.717) is 6.10 Å². The molecule has 0 bridgehead atoms. The fraction of sp³-hybridized carbons (Fsp3) is 0.714. The third kappa shape index (κ3) is 4.40. The third-order valence-corrected chi connectivity index (χ3v) is 3.23. The van der Waals surface area contributed by atoms with Crippen molar-refractivity contribution in [2.75, 3.05) is 0 Å². The van der Waals surface area contributed by atoms with Gasteiger partial charge in [-0.2, -0.15) is 0 Å². The van der Waals surface area contributed by atoms with Gasteiger partial charge < -0.3 is 9.47 Å². The summed E-state index contributed by atoms with van der Waals surface area (Å²) < 4.78 is 11.3. The Hall–Kier alpha value is -0.760. The lowest BCUT2D eigenvalue weighted by Gasteiger charge is -2.34. The van der Waals surface area contributed by atoms with Crippen LogP contribution in [0.5, 0.6) is 0 Å². The van der Waals surface area contributed by atoms with Crippen LogP contribution < -0.4 is 0 Å². The maximum atomic E-state index is 5.88. The Kier molecular flexibility index (Phi) is 6.24. The second-order valence-corrected chi connectivity index (χ2v) is 4.46. The summed E-state index contributed by atoms with van der Waals surface area (Å²) >= 11 is 0. The molecule has 1 aliphatic heterocycles. The molecule has 1 aliphatic rings. The molecule has 0 N–H and O–H groups in total. The van der Waals surface area contributed by atoms with Crippen LogP contribution in [0.15, 0.2) is 25.5 Å². The lowest BCUT2D eigenvalue weighted by Crippen LogP contribution is -2.33. The van der Waals surface area contributed by atoms with Crippen LogP contribution in [-0.2, 0) is 9.47 Å². The zero-order valence-corrected chi connectivity index (χ0v) is 10.4. The molecule has 1 heterocycles. The van der Waals surface area contributed by atoms with Crippen molar-refractivity contribution in [2.24, 2.45) is 5.92 Å². The lowest BCUT2D eigenvalue weighted by molar-refractivity contribution is -0.182. The Labute approximate surface area is 99.3 Å². The molecular weight excluding hydrogens is 200 g/mol.